The van der Waals surface area contributed by atoms with E-state index in [-0.39, 0.29) is 5.92 Å². The summed E-state index contributed by atoms with van der Waals surface area (Å²) in [6.07, 6.45) is 4.16. The summed E-state index contributed by atoms with van der Waals surface area (Å²) >= 11 is 3.42. The van der Waals surface area contributed by atoms with Gasteiger partial charge >= 0.3 is 5.97 Å². The predicted octanol–water partition coefficient (Wildman–Crippen LogP) is 3.11. The maximum atomic E-state index is 11.4. The molecule has 1 atom stereocenters. The number of rotatable bonds is 3. The highest BCUT2D eigenvalue weighted by Crippen LogP contribution is 2.31. The van der Waals surface area contributed by atoms with E-state index < -0.39 is 5.97 Å². The van der Waals surface area contributed by atoms with E-state index in [9.17, 15) is 9.90 Å². The van der Waals surface area contributed by atoms with Crippen molar-refractivity contribution in [1.82, 2.24) is 4.98 Å². The first kappa shape index (κ1) is 14.1. The lowest BCUT2D eigenvalue weighted by molar-refractivity contribution is -0.141. The van der Waals surface area contributed by atoms with Crippen LogP contribution in [-0.4, -0.2) is 22.6 Å². The van der Waals surface area contributed by atoms with Crippen LogP contribution in [0.2, 0.25) is 0 Å². The Morgan fingerprint density at radius 1 is 1.38 bits per heavy atom. The Hall–Kier alpha value is -1.88. The number of fused-ring (bicyclic) bond motifs is 1. The van der Waals surface area contributed by atoms with Crippen LogP contribution < -0.4 is 4.90 Å². The Balaban J connectivity index is 1.91. The molecule has 21 heavy (non-hydrogen) atoms. The second-order valence-corrected chi connectivity index (χ2v) is 6.18. The van der Waals surface area contributed by atoms with E-state index >= 15 is 0 Å². The third kappa shape index (κ3) is 3.08. The maximum absolute atomic E-state index is 11.4. The summed E-state index contributed by atoms with van der Waals surface area (Å²) in [6, 6.07) is 10.0. The number of aliphatic carboxylic acids is 1. The van der Waals surface area contributed by atoms with Crippen molar-refractivity contribution in [2.75, 3.05) is 11.4 Å². The third-order valence-electron chi connectivity index (χ3n) is 3.72. The van der Waals surface area contributed by atoms with Crippen molar-refractivity contribution in [2.24, 2.45) is 5.92 Å². The van der Waals surface area contributed by atoms with Gasteiger partial charge in [-0.3, -0.25) is 9.78 Å². The minimum Gasteiger partial charge on any atom is -0.481 e. The number of para-hydroxylation sites is 1. The van der Waals surface area contributed by atoms with E-state index in [1.165, 1.54) is 0 Å². The molecule has 3 rings (SSSR count). The number of anilines is 1. The molecule has 1 aromatic heterocycles. The van der Waals surface area contributed by atoms with Gasteiger partial charge in [0.05, 0.1) is 5.92 Å². The number of benzene rings is 1. The van der Waals surface area contributed by atoms with Crippen LogP contribution in [0.25, 0.3) is 0 Å². The molecule has 0 aliphatic carbocycles. The zero-order valence-corrected chi connectivity index (χ0v) is 13.0. The smallest absolute Gasteiger partial charge is 0.308 e. The molecular formula is C16H15BrN2O2. The maximum Gasteiger partial charge on any atom is 0.308 e. The first-order valence-corrected chi connectivity index (χ1v) is 7.58. The van der Waals surface area contributed by atoms with Crippen molar-refractivity contribution < 1.29 is 9.90 Å². The van der Waals surface area contributed by atoms with Crippen LogP contribution in [-0.2, 0) is 17.8 Å². The molecule has 2 aromatic rings. The molecule has 0 fully saturated rings. The summed E-state index contributed by atoms with van der Waals surface area (Å²) in [7, 11) is 0. The average Bonchev–Trinajstić information content (AvgIpc) is 2.47. The number of carbonyl (C=O) groups is 1. The summed E-state index contributed by atoms with van der Waals surface area (Å²) in [5.74, 6) is -1.10. The van der Waals surface area contributed by atoms with Gasteiger partial charge in [-0.15, -0.1) is 0 Å². The second-order valence-electron chi connectivity index (χ2n) is 5.26. The van der Waals surface area contributed by atoms with Crippen molar-refractivity contribution in [3.8, 4) is 0 Å². The van der Waals surface area contributed by atoms with Crippen LogP contribution in [0, 0.1) is 5.92 Å². The SMILES string of the molecule is O=C(O)C1Cc2ccccc2N(Cc2cncc(Br)c2)C1. The van der Waals surface area contributed by atoms with Gasteiger partial charge in [-0.05, 0) is 45.6 Å². The molecule has 1 aromatic carbocycles. The molecule has 1 aliphatic heterocycles. The molecule has 0 amide bonds. The Kier molecular flexibility index (Phi) is 3.92. The van der Waals surface area contributed by atoms with Crippen LogP contribution in [0.3, 0.4) is 0 Å². The highest BCUT2D eigenvalue weighted by atomic mass is 79.9. The zero-order valence-electron chi connectivity index (χ0n) is 11.4. The van der Waals surface area contributed by atoms with Crippen LogP contribution in [0.15, 0.2) is 47.2 Å². The van der Waals surface area contributed by atoms with Gasteiger partial charge in [-0.2, -0.15) is 0 Å². The topological polar surface area (TPSA) is 53.4 Å². The second kappa shape index (κ2) is 5.85. The first-order chi connectivity index (χ1) is 10.1. The Morgan fingerprint density at radius 3 is 2.95 bits per heavy atom. The van der Waals surface area contributed by atoms with E-state index in [4.69, 9.17) is 0 Å². The largest absolute Gasteiger partial charge is 0.481 e. The number of pyridine rings is 1. The lowest BCUT2D eigenvalue weighted by Crippen LogP contribution is -2.38. The number of carboxylic acid groups (broad SMARTS) is 1. The molecule has 5 heteroatoms. The lowest BCUT2D eigenvalue weighted by Gasteiger charge is -2.34. The summed E-state index contributed by atoms with van der Waals surface area (Å²) in [4.78, 5) is 17.7. The molecule has 0 saturated heterocycles. The van der Waals surface area contributed by atoms with Crippen LogP contribution in [0.1, 0.15) is 11.1 Å². The molecule has 1 unspecified atom stereocenters. The van der Waals surface area contributed by atoms with Gasteiger partial charge in [0.25, 0.3) is 0 Å². The minimum absolute atomic E-state index is 0.361. The molecule has 108 valence electrons. The van der Waals surface area contributed by atoms with E-state index in [1.807, 2.05) is 30.5 Å². The zero-order chi connectivity index (χ0) is 14.8. The standard InChI is InChI=1S/C16H15BrN2O2/c17-14-5-11(7-18-8-14)9-19-10-13(16(20)21)6-12-3-1-2-4-15(12)19/h1-5,7-8,13H,6,9-10H2,(H,20,21). The summed E-state index contributed by atoms with van der Waals surface area (Å²) in [5.41, 5.74) is 3.28. The van der Waals surface area contributed by atoms with Gasteiger partial charge in [0.15, 0.2) is 0 Å². The fourth-order valence-electron chi connectivity index (χ4n) is 2.76. The van der Waals surface area contributed by atoms with Crippen molar-refractivity contribution >= 4 is 27.6 Å². The highest BCUT2D eigenvalue weighted by molar-refractivity contribution is 9.10. The molecule has 1 N–H and O–H groups in total. The highest BCUT2D eigenvalue weighted by Gasteiger charge is 2.28. The Bertz CT molecular complexity index is 675. The number of hydrogen-bond donors (Lipinski definition) is 1. The molecule has 1 aliphatic rings. The van der Waals surface area contributed by atoms with Gasteiger partial charge in [-0.1, -0.05) is 18.2 Å². The van der Waals surface area contributed by atoms with Crippen LogP contribution in [0.5, 0.6) is 0 Å². The fraction of sp³-hybridized carbons (Fsp3) is 0.250. The van der Waals surface area contributed by atoms with Crippen molar-refractivity contribution in [3.05, 3.63) is 58.3 Å². The number of carboxylic acids is 1. The van der Waals surface area contributed by atoms with Crippen molar-refractivity contribution in [2.45, 2.75) is 13.0 Å². The molecule has 0 saturated carbocycles. The van der Waals surface area contributed by atoms with Gasteiger partial charge < -0.3 is 10.0 Å². The number of aromatic nitrogens is 1. The molecule has 0 radical (unpaired) electrons. The fourth-order valence-corrected chi connectivity index (χ4v) is 3.18. The average molecular weight is 347 g/mol. The summed E-state index contributed by atoms with van der Waals surface area (Å²) < 4.78 is 0.931. The molecule has 0 spiro atoms. The Labute approximate surface area is 131 Å². The van der Waals surface area contributed by atoms with Crippen LogP contribution >= 0.6 is 15.9 Å². The lowest BCUT2D eigenvalue weighted by atomic mass is 9.92. The van der Waals surface area contributed by atoms with E-state index in [1.54, 1.807) is 6.20 Å². The predicted molar refractivity (Wildman–Crippen MR) is 84.3 cm³/mol. The van der Waals surface area contributed by atoms with Gasteiger partial charge in [0.1, 0.15) is 0 Å². The van der Waals surface area contributed by atoms with E-state index in [0.717, 1.165) is 21.3 Å². The Morgan fingerprint density at radius 2 is 2.19 bits per heavy atom. The summed E-state index contributed by atoms with van der Waals surface area (Å²) in [6.45, 7) is 1.19. The molecular weight excluding hydrogens is 332 g/mol. The van der Waals surface area contributed by atoms with E-state index in [0.29, 0.717) is 19.5 Å². The third-order valence-corrected chi connectivity index (χ3v) is 4.16. The van der Waals surface area contributed by atoms with Gasteiger partial charge in [0.2, 0.25) is 0 Å². The number of hydrogen-bond acceptors (Lipinski definition) is 3. The molecule has 2 heterocycles. The van der Waals surface area contributed by atoms with Crippen molar-refractivity contribution in [3.63, 3.8) is 0 Å². The molecule has 4 nitrogen and oxygen atoms in total. The number of halogens is 1. The monoisotopic (exact) mass is 346 g/mol. The normalized spacial score (nSPS) is 17.4. The quantitative estimate of drug-likeness (QED) is 0.927. The van der Waals surface area contributed by atoms with Crippen molar-refractivity contribution in [1.29, 1.82) is 0 Å². The van der Waals surface area contributed by atoms with Crippen LogP contribution in [0.4, 0.5) is 5.69 Å². The minimum atomic E-state index is -0.734. The first-order valence-electron chi connectivity index (χ1n) is 6.78. The van der Waals surface area contributed by atoms with Gasteiger partial charge in [-0.25, -0.2) is 0 Å². The summed E-state index contributed by atoms with van der Waals surface area (Å²) in [5, 5.41) is 9.35. The van der Waals surface area contributed by atoms with E-state index in [2.05, 4.69) is 31.9 Å². The molecule has 0 bridgehead atoms. The number of nitrogens with zero attached hydrogens (tertiary/aromatic N) is 2. The van der Waals surface area contributed by atoms with Gasteiger partial charge in [0, 0.05) is 35.6 Å².